The highest BCUT2D eigenvalue weighted by atomic mass is 32.2. The highest BCUT2D eigenvalue weighted by molar-refractivity contribution is 7.98. The van der Waals surface area contributed by atoms with Crippen LogP contribution in [0, 0.1) is 6.92 Å². The summed E-state index contributed by atoms with van der Waals surface area (Å²) in [6.07, 6.45) is 2.95. The molecule has 0 bridgehead atoms. The van der Waals surface area contributed by atoms with Crippen molar-refractivity contribution in [1.82, 2.24) is 9.88 Å². The Morgan fingerprint density at radius 2 is 1.96 bits per heavy atom. The Morgan fingerprint density at radius 3 is 2.61 bits per heavy atom. The van der Waals surface area contributed by atoms with Crippen molar-refractivity contribution in [3.05, 3.63) is 41.6 Å². The standard InChI is InChI=1S/C21H28N4O2S/c1-5-16-14-17(20(27-3)22-15(16)2)23-21(26)25-12-10-24(11-13-25)18-8-6-7-9-19(18)28-4/h6-9,14H,5,10-13H2,1-4H3,(H,23,26). The number of thioether (sulfide) groups is 1. The number of amides is 2. The second-order valence-corrected chi connectivity index (χ2v) is 7.57. The van der Waals surface area contributed by atoms with E-state index in [4.69, 9.17) is 4.74 Å². The van der Waals surface area contributed by atoms with Crippen LogP contribution >= 0.6 is 11.8 Å². The van der Waals surface area contributed by atoms with E-state index in [1.54, 1.807) is 18.9 Å². The van der Waals surface area contributed by atoms with Crippen LogP contribution in [0.25, 0.3) is 0 Å². The van der Waals surface area contributed by atoms with Crippen LogP contribution in [0.1, 0.15) is 18.2 Å². The zero-order valence-electron chi connectivity index (χ0n) is 17.0. The number of nitrogens with zero attached hydrogens (tertiary/aromatic N) is 3. The normalized spacial score (nSPS) is 14.1. The van der Waals surface area contributed by atoms with Crippen LogP contribution in [0.4, 0.5) is 16.2 Å². The number of nitrogens with one attached hydrogen (secondary N) is 1. The lowest BCUT2D eigenvalue weighted by atomic mass is 10.1. The Morgan fingerprint density at radius 1 is 1.25 bits per heavy atom. The monoisotopic (exact) mass is 400 g/mol. The summed E-state index contributed by atoms with van der Waals surface area (Å²) in [5.41, 5.74) is 3.91. The quantitative estimate of drug-likeness (QED) is 0.768. The third-order valence-electron chi connectivity index (χ3n) is 5.09. The van der Waals surface area contributed by atoms with Gasteiger partial charge in [0, 0.05) is 36.8 Å². The summed E-state index contributed by atoms with van der Waals surface area (Å²) < 4.78 is 5.36. The summed E-state index contributed by atoms with van der Waals surface area (Å²) in [4.78, 5) is 22.7. The van der Waals surface area contributed by atoms with E-state index in [0.717, 1.165) is 30.8 Å². The van der Waals surface area contributed by atoms with Gasteiger partial charge in [0.1, 0.15) is 5.69 Å². The first-order chi connectivity index (χ1) is 13.6. The Balaban J connectivity index is 1.66. The summed E-state index contributed by atoms with van der Waals surface area (Å²) in [6, 6.07) is 10.3. The van der Waals surface area contributed by atoms with Gasteiger partial charge in [0.05, 0.1) is 12.8 Å². The van der Waals surface area contributed by atoms with Crippen LogP contribution in [0.5, 0.6) is 5.88 Å². The molecule has 0 unspecified atom stereocenters. The number of piperazine rings is 1. The first-order valence-electron chi connectivity index (χ1n) is 9.55. The molecule has 0 atom stereocenters. The van der Waals surface area contributed by atoms with Gasteiger partial charge in [-0.2, -0.15) is 0 Å². The van der Waals surface area contributed by atoms with Crippen molar-refractivity contribution in [2.45, 2.75) is 25.2 Å². The van der Waals surface area contributed by atoms with Gasteiger partial charge >= 0.3 is 6.03 Å². The fraction of sp³-hybridized carbons (Fsp3) is 0.429. The third kappa shape index (κ3) is 4.35. The van der Waals surface area contributed by atoms with Gasteiger partial charge in [0.2, 0.25) is 5.88 Å². The zero-order valence-corrected chi connectivity index (χ0v) is 17.8. The fourth-order valence-electron chi connectivity index (χ4n) is 3.46. The SMILES string of the molecule is CCc1cc(NC(=O)N2CCN(c3ccccc3SC)CC2)c(OC)nc1C. The van der Waals surface area contributed by atoms with Gasteiger partial charge in [0.25, 0.3) is 0 Å². The Hall–Kier alpha value is -2.41. The van der Waals surface area contributed by atoms with E-state index < -0.39 is 0 Å². The molecule has 1 fully saturated rings. The number of ether oxygens (including phenoxy) is 1. The lowest BCUT2D eigenvalue weighted by Crippen LogP contribution is -2.50. The highest BCUT2D eigenvalue weighted by Gasteiger charge is 2.23. The molecule has 1 aliphatic rings. The zero-order chi connectivity index (χ0) is 20.1. The van der Waals surface area contributed by atoms with Crippen molar-refractivity contribution >= 4 is 29.2 Å². The van der Waals surface area contributed by atoms with Crippen molar-refractivity contribution in [2.24, 2.45) is 0 Å². The van der Waals surface area contributed by atoms with E-state index in [9.17, 15) is 4.79 Å². The Kier molecular flexibility index (Phi) is 6.67. The predicted octanol–water partition coefficient (Wildman–Crippen LogP) is 4.04. The molecule has 2 amide bonds. The van der Waals surface area contributed by atoms with Crippen LogP contribution in [-0.4, -0.2) is 55.5 Å². The minimum atomic E-state index is -0.108. The average Bonchev–Trinajstić information content (AvgIpc) is 2.74. The number of methoxy groups -OCH3 is 1. The molecule has 7 heteroatoms. The first-order valence-corrected chi connectivity index (χ1v) is 10.8. The van der Waals surface area contributed by atoms with Gasteiger partial charge in [0.15, 0.2) is 0 Å². The second-order valence-electron chi connectivity index (χ2n) is 6.72. The Labute approximate surface area is 171 Å². The second kappa shape index (κ2) is 9.19. The van der Waals surface area contributed by atoms with Gasteiger partial charge in [-0.15, -0.1) is 11.8 Å². The lowest BCUT2D eigenvalue weighted by Gasteiger charge is -2.36. The molecule has 1 aromatic heterocycles. The number of hydrogen-bond acceptors (Lipinski definition) is 5. The molecule has 6 nitrogen and oxygen atoms in total. The summed E-state index contributed by atoms with van der Waals surface area (Å²) >= 11 is 1.75. The lowest BCUT2D eigenvalue weighted by molar-refractivity contribution is 0.208. The number of urea groups is 1. The van der Waals surface area contributed by atoms with Gasteiger partial charge in [-0.1, -0.05) is 19.1 Å². The van der Waals surface area contributed by atoms with E-state index >= 15 is 0 Å². The van der Waals surface area contributed by atoms with Crippen molar-refractivity contribution < 1.29 is 9.53 Å². The number of benzene rings is 1. The minimum absolute atomic E-state index is 0.108. The summed E-state index contributed by atoms with van der Waals surface area (Å²) in [7, 11) is 1.57. The van der Waals surface area contributed by atoms with Crippen LogP contribution in [0.2, 0.25) is 0 Å². The molecule has 1 aromatic carbocycles. The summed E-state index contributed by atoms with van der Waals surface area (Å²) in [5, 5.41) is 2.99. The van der Waals surface area contributed by atoms with Gasteiger partial charge < -0.3 is 19.9 Å². The molecule has 150 valence electrons. The maximum atomic E-state index is 12.8. The number of anilines is 2. The maximum absolute atomic E-state index is 12.8. The van der Waals surface area contributed by atoms with E-state index in [0.29, 0.717) is 24.7 Å². The predicted molar refractivity (Wildman–Crippen MR) is 116 cm³/mol. The largest absolute Gasteiger partial charge is 0.480 e. The number of carbonyl (C=O) groups is 1. The van der Waals surface area contributed by atoms with Gasteiger partial charge in [-0.3, -0.25) is 0 Å². The van der Waals surface area contributed by atoms with Crippen molar-refractivity contribution in [3.8, 4) is 5.88 Å². The molecule has 1 aliphatic heterocycles. The van der Waals surface area contributed by atoms with Crippen molar-refractivity contribution in [3.63, 3.8) is 0 Å². The molecule has 28 heavy (non-hydrogen) atoms. The molecule has 0 saturated carbocycles. The average molecular weight is 401 g/mol. The van der Waals surface area contributed by atoms with Gasteiger partial charge in [-0.05, 0) is 43.4 Å². The molecule has 1 N–H and O–H groups in total. The summed E-state index contributed by atoms with van der Waals surface area (Å²) in [6.45, 7) is 7.02. The maximum Gasteiger partial charge on any atom is 0.322 e. The number of pyridine rings is 1. The number of rotatable bonds is 5. The number of para-hydroxylation sites is 1. The molecular weight excluding hydrogens is 372 g/mol. The Bertz CT molecular complexity index is 835. The number of aromatic nitrogens is 1. The van der Waals surface area contributed by atoms with E-state index in [1.807, 2.05) is 17.9 Å². The molecule has 1 saturated heterocycles. The number of hydrogen-bond donors (Lipinski definition) is 1. The topological polar surface area (TPSA) is 57.7 Å². The van der Waals surface area contributed by atoms with Crippen molar-refractivity contribution in [1.29, 1.82) is 0 Å². The number of carbonyl (C=O) groups excluding carboxylic acids is 1. The van der Waals surface area contributed by atoms with E-state index in [1.165, 1.54) is 10.6 Å². The van der Waals surface area contributed by atoms with Crippen LogP contribution in [0.15, 0.2) is 35.2 Å². The molecular formula is C21H28N4O2S. The molecule has 0 spiro atoms. The number of aryl methyl sites for hydroxylation is 2. The molecule has 2 heterocycles. The molecule has 2 aromatic rings. The minimum Gasteiger partial charge on any atom is -0.480 e. The van der Waals surface area contributed by atoms with Crippen LogP contribution < -0.4 is 15.0 Å². The third-order valence-corrected chi connectivity index (χ3v) is 5.88. The smallest absolute Gasteiger partial charge is 0.322 e. The van der Waals surface area contributed by atoms with Crippen LogP contribution in [-0.2, 0) is 6.42 Å². The molecule has 0 radical (unpaired) electrons. The van der Waals surface area contributed by atoms with Crippen LogP contribution in [0.3, 0.4) is 0 Å². The van der Waals surface area contributed by atoms with Crippen molar-refractivity contribution in [2.75, 3.05) is 49.8 Å². The summed E-state index contributed by atoms with van der Waals surface area (Å²) in [5.74, 6) is 0.454. The van der Waals surface area contributed by atoms with Gasteiger partial charge in [-0.25, -0.2) is 9.78 Å². The van der Waals surface area contributed by atoms with E-state index in [-0.39, 0.29) is 6.03 Å². The molecule has 3 rings (SSSR count). The first kappa shape index (κ1) is 20.3. The van der Waals surface area contributed by atoms with E-state index in [2.05, 4.69) is 52.6 Å². The fourth-order valence-corrected chi connectivity index (χ4v) is 4.08. The highest BCUT2D eigenvalue weighted by Crippen LogP contribution is 2.29. The molecule has 0 aliphatic carbocycles.